The van der Waals surface area contributed by atoms with Gasteiger partial charge in [-0.15, -0.1) is 0 Å². The molecule has 0 aromatic carbocycles. The molecule has 0 amide bonds. The summed E-state index contributed by atoms with van der Waals surface area (Å²) in [5, 5.41) is 3.40. The van der Waals surface area contributed by atoms with Gasteiger partial charge in [0, 0.05) is 12.6 Å². The maximum absolute atomic E-state index is 3.40. The van der Waals surface area contributed by atoms with Crippen molar-refractivity contribution in [2.24, 2.45) is 5.92 Å². The Morgan fingerprint density at radius 2 is 2.20 bits per heavy atom. The van der Waals surface area contributed by atoms with Gasteiger partial charge in [-0.3, -0.25) is 0 Å². The molecule has 60 valence electrons. The van der Waals surface area contributed by atoms with Gasteiger partial charge < -0.3 is 10.2 Å². The molecule has 1 fully saturated rings. The van der Waals surface area contributed by atoms with Gasteiger partial charge in [-0.25, -0.2) is 0 Å². The second kappa shape index (κ2) is 3.35. The molecule has 1 aliphatic heterocycles. The molecule has 1 saturated heterocycles. The third-order valence-electron chi connectivity index (χ3n) is 2.54. The molecule has 1 heterocycles. The summed E-state index contributed by atoms with van der Waals surface area (Å²) in [6.45, 7) is 8.05. The number of hydrogen-bond donors (Lipinski definition) is 1. The maximum Gasteiger partial charge on any atom is 0.0255 e. The number of hydrogen-bond acceptors (Lipinski definition) is 2. The van der Waals surface area contributed by atoms with E-state index in [4.69, 9.17) is 0 Å². The molecule has 0 aromatic heterocycles. The van der Waals surface area contributed by atoms with Crippen molar-refractivity contribution in [3.05, 3.63) is 0 Å². The lowest BCUT2D eigenvalue weighted by molar-refractivity contribution is 0.230. The van der Waals surface area contributed by atoms with E-state index in [9.17, 15) is 0 Å². The van der Waals surface area contributed by atoms with Gasteiger partial charge in [-0.2, -0.15) is 0 Å². The zero-order valence-corrected chi connectivity index (χ0v) is 7.22. The van der Waals surface area contributed by atoms with Crippen molar-refractivity contribution in [3.8, 4) is 0 Å². The minimum Gasteiger partial charge on any atom is -0.315 e. The topological polar surface area (TPSA) is 15.3 Å². The van der Waals surface area contributed by atoms with Crippen LogP contribution < -0.4 is 5.32 Å². The highest BCUT2D eigenvalue weighted by molar-refractivity contribution is 4.84. The molecule has 0 radical (unpaired) electrons. The molecular weight excluding hydrogens is 124 g/mol. The average Bonchev–Trinajstić information content (AvgIpc) is 2.34. The molecule has 0 aromatic rings. The van der Waals surface area contributed by atoms with E-state index in [-0.39, 0.29) is 0 Å². The Morgan fingerprint density at radius 1 is 1.50 bits per heavy atom. The van der Waals surface area contributed by atoms with Crippen molar-refractivity contribution < 1.29 is 0 Å². The van der Waals surface area contributed by atoms with Gasteiger partial charge in [0.1, 0.15) is 0 Å². The first-order valence-corrected chi connectivity index (χ1v) is 4.16. The van der Waals surface area contributed by atoms with Crippen LogP contribution in [0, 0.1) is 5.92 Å². The minimum absolute atomic E-state index is 0.769. The Hall–Kier alpha value is -0.0800. The Labute approximate surface area is 63.6 Å². The zero-order chi connectivity index (χ0) is 7.56. The molecule has 2 atom stereocenters. The smallest absolute Gasteiger partial charge is 0.0255 e. The van der Waals surface area contributed by atoms with E-state index < -0.39 is 0 Å². The fourth-order valence-electron chi connectivity index (χ4n) is 1.62. The quantitative estimate of drug-likeness (QED) is 0.605. The van der Waals surface area contributed by atoms with Crippen LogP contribution in [0.3, 0.4) is 0 Å². The SMILES string of the molecule is CCN(C)[C@H]1CNC[C@H]1C. The second-order valence-electron chi connectivity index (χ2n) is 3.28. The summed E-state index contributed by atoms with van der Waals surface area (Å²) in [5.74, 6) is 0.824. The third kappa shape index (κ3) is 1.50. The zero-order valence-electron chi connectivity index (χ0n) is 7.22. The Morgan fingerprint density at radius 3 is 2.60 bits per heavy atom. The van der Waals surface area contributed by atoms with Crippen LogP contribution >= 0.6 is 0 Å². The van der Waals surface area contributed by atoms with Crippen molar-refractivity contribution in [1.29, 1.82) is 0 Å². The number of nitrogens with one attached hydrogen (secondary N) is 1. The van der Waals surface area contributed by atoms with Crippen molar-refractivity contribution in [2.75, 3.05) is 26.7 Å². The first-order chi connectivity index (χ1) is 4.75. The van der Waals surface area contributed by atoms with E-state index in [2.05, 4.69) is 31.1 Å². The second-order valence-corrected chi connectivity index (χ2v) is 3.28. The standard InChI is InChI=1S/C8H18N2/c1-4-10(3)8-6-9-5-7(8)2/h7-9H,4-6H2,1-3H3/t7-,8+/m1/s1. The van der Waals surface area contributed by atoms with Gasteiger partial charge in [-0.1, -0.05) is 13.8 Å². The number of nitrogens with zero attached hydrogens (tertiary/aromatic N) is 1. The van der Waals surface area contributed by atoms with Crippen molar-refractivity contribution in [1.82, 2.24) is 10.2 Å². The first kappa shape index (κ1) is 8.02. The van der Waals surface area contributed by atoms with Gasteiger partial charge in [0.05, 0.1) is 0 Å². The Kier molecular flexibility index (Phi) is 2.69. The first-order valence-electron chi connectivity index (χ1n) is 4.16. The molecule has 0 bridgehead atoms. The molecule has 1 aliphatic rings. The molecule has 0 spiro atoms. The molecule has 0 unspecified atom stereocenters. The van der Waals surface area contributed by atoms with Crippen LogP contribution in [0.15, 0.2) is 0 Å². The maximum atomic E-state index is 3.40. The molecule has 10 heavy (non-hydrogen) atoms. The lowest BCUT2D eigenvalue weighted by Gasteiger charge is -2.25. The van der Waals surface area contributed by atoms with Gasteiger partial charge in [0.15, 0.2) is 0 Å². The highest BCUT2D eigenvalue weighted by Gasteiger charge is 2.25. The van der Waals surface area contributed by atoms with Crippen molar-refractivity contribution in [3.63, 3.8) is 0 Å². The van der Waals surface area contributed by atoms with Crippen LogP contribution in [-0.2, 0) is 0 Å². The van der Waals surface area contributed by atoms with E-state index in [1.165, 1.54) is 13.1 Å². The molecular formula is C8H18N2. The van der Waals surface area contributed by atoms with E-state index in [1.54, 1.807) is 0 Å². The summed E-state index contributed by atoms with van der Waals surface area (Å²) in [4.78, 5) is 2.42. The largest absolute Gasteiger partial charge is 0.315 e. The van der Waals surface area contributed by atoms with Crippen LogP contribution in [0.1, 0.15) is 13.8 Å². The van der Waals surface area contributed by atoms with Gasteiger partial charge in [-0.05, 0) is 26.1 Å². The van der Waals surface area contributed by atoms with Gasteiger partial charge in [0.2, 0.25) is 0 Å². The van der Waals surface area contributed by atoms with E-state index in [0.29, 0.717) is 0 Å². The molecule has 1 N–H and O–H groups in total. The predicted octanol–water partition coefficient (Wildman–Crippen LogP) is 0.546. The van der Waals surface area contributed by atoms with Gasteiger partial charge in [0.25, 0.3) is 0 Å². The summed E-state index contributed by atoms with van der Waals surface area (Å²) < 4.78 is 0. The van der Waals surface area contributed by atoms with Gasteiger partial charge >= 0.3 is 0 Å². The lowest BCUT2D eigenvalue weighted by atomic mass is 10.1. The van der Waals surface area contributed by atoms with E-state index in [1.807, 2.05) is 0 Å². The summed E-state index contributed by atoms with van der Waals surface area (Å²) in [6.07, 6.45) is 0. The monoisotopic (exact) mass is 142 g/mol. The Bertz CT molecular complexity index is 103. The van der Waals surface area contributed by atoms with Crippen molar-refractivity contribution in [2.45, 2.75) is 19.9 Å². The van der Waals surface area contributed by atoms with Crippen LogP contribution in [0.5, 0.6) is 0 Å². The summed E-state index contributed by atoms with van der Waals surface area (Å²) in [6, 6.07) is 0.769. The summed E-state index contributed by atoms with van der Waals surface area (Å²) in [7, 11) is 2.20. The molecule has 2 heteroatoms. The highest BCUT2D eigenvalue weighted by Crippen LogP contribution is 2.12. The molecule has 2 nitrogen and oxygen atoms in total. The number of rotatable bonds is 2. The molecule has 0 aliphatic carbocycles. The third-order valence-corrected chi connectivity index (χ3v) is 2.54. The van der Waals surface area contributed by atoms with Crippen LogP contribution in [0.4, 0.5) is 0 Å². The molecule has 0 saturated carbocycles. The summed E-state index contributed by atoms with van der Waals surface area (Å²) >= 11 is 0. The fraction of sp³-hybridized carbons (Fsp3) is 1.00. The fourth-order valence-corrected chi connectivity index (χ4v) is 1.62. The number of likely N-dealkylation sites (N-methyl/N-ethyl adjacent to an activating group) is 1. The van der Waals surface area contributed by atoms with Crippen LogP contribution in [0.2, 0.25) is 0 Å². The lowest BCUT2D eigenvalue weighted by Crippen LogP contribution is -2.36. The van der Waals surface area contributed by atoms with E-state index >= 15 is 0 Å². The van der Waals surface area contributed by atoms with E-state index in [0.717, 1.165) is 18.5 Å². The van der Waals surface area contributed by atoms with Crippen LogP contribution in [-0.4, -0.2) is 37.6 Å². The predicted molar refractivity (Wildman–Crippen MR) is 44.1 cm³/mol. The minimum atomic E-state index is 0.769. The highest BCUT2D eigenvalue weighted by atomic mass is 15.2. The summed E-state index contributed by atoms with van der Waals surface area (Å²) in [5.41, 5.74) is 0. The van der Waals surface area contributed by atoms with Crippen molar-refractivity contribution >= 4 is 0 Å². The average molecular weight is 142 g/mol. The van der Waals surface area contributed by atoms with Crippen LogP contribution in [0.25, 0.3) is 0 Å². The Balaban J connectivity index is 2.38. The normalized spacial score (nSPS) is 33.6. The molecule has 1 rings (SSSR count).